The molecule has 0 bridgehead atoms. The maximum absolute atomic E-state index is 11.7. The number of urea groups is 1. The highest BCUT2D eigenvalue weighted by atomic mass is 35.5. The van der Waals surface area contributed by atoms with Gasteiger partial charge in [-0.15, -0.1) is 0 Å². The van der Waals surface area contributed by atoms with E-state index in [4.69, 9.17) is 27.8 Å². The second-order valence-electron chi connectivity index (χ2n) is 3.67. The maximum Gasteiger partial charge on any atom is 0.339 e. The lowest BCUT2D eigenvalue weighted by Crippen LogP contribution is -2.42. The number of amides is 3. The van der Waals surface area contributed by atoms with Crippen molar-refractivity contribution in [1.82, 2.24) is 5.32 Å². The van der Waals surface area contributed by atoms with Crippen LogP contribution in [0, 0.1) is 0 Å². The molecule has 0 heterocycles. The summed E-state index contributed by atoms with van der Waals surface area (Å²) in [5, 5.41) is 2.06. The molecule has 1 aromatic rings. The average Bonchev–Trinajstić information content (AvgIpc) is 2.26. The molecule has 0 aliphatic heterocycles. The third kappa shape index (κ3) is 4.47. The summed E-state index contributed by atoms with van der Waals surface area (Å²) in [5.74, 6) is -1.61. The SMILES string of the molecule is CC(OC(=O)c1cc(N)cc(Cl)c1)C(=O)NC(N)=O. The van der Waals surface area contributed by atoms with Crippen LogP contribution in [0.1, 0.15) is 17.3 Å². The molecule has 0 saturated carbocycles. The number of hydrogen-bond donors (Lipinski definition) is 3. The summed E-state index contributed by atoms with van der Waals surface area (Å²) in [6.07, 6.45) is -1.18. The minimum absolute atomic E-state index is 0.101. The van der Waals surface area contributed by atoms with Crippen LogP contribution >= 0.6 is 11.6 Å². The van der Waals surface area contributed by atoms with Crippen molar-refractivity contribution < 1.29 is 19.1 Å². The summed E-state index contributed by atoms with van der Waals surface area (Å²) in [7, 11) is 0. The van der Waals surface area contributed by atoms with E-state index in [1.54, 1.807) is 5.32 Å². The lowest BCUT2D eigenvalue weighted by Gasteiger charge is -2.12. The average molecular weight is 286 g/mol. The quantitative estimate of drug-likeness (QED) is 0.556. The van der Waals surface area contributed by atoms with E-state index in [-0.39, 0.29) is 16.3 Å². The Bertz CT molecular complexity index is 512. The lowest BCUT2D eigenvalue weighted by atomic mass is 10.2. The van der Waals surface area contributed by atoms with E-state index in [9.17, 15) is 14.4 Å². The van der Waals surface area contributed by atoms with E-state index < -0.39 is 24.0 Å². The molecule has 0 aromatic heterocycles. The van der Waals surface area contributed by atoms with Gasteiger partial charge in [-0.2, -0.15) is 0 Å². The van der Waals surface area contributed by atoms with Crippen LogP contribution in [-0.2, 0) is 9.53 Å². The van der Waals surface area contributed by atoms with Gasteiger partial charge in [0.1, 0.15) is 0 Å². The summed E-state index contributed by atoms with van der Waals surface area (Å²) in [6, 6.07) is 3.13. The van der Waals surface area contributed by atoms with Crippen molar-refractivity contribution in [1.29, 1.82) is 0 Å². The van der Waals surface area contributed by atoms with Crippen molar-refractivity contribution in [3.63, 3.8) is 0 Å². The zero-order chi connectivity index (χ0) is 14.6. The molecule has 0 spiro atoms. The Morgan fingerprint density at radius 3 is 2.47 bits per heavy atom. The first-order valence-corrected chi connectivity index (χ1v) is 5.54. The van der Waals surface area contributed by atoms with Gasteiger partial charge < -0.3 is 16.2 Å². The highest BCUT2D eigenvalue weighted by molar-refractivity contribution is 6.31. The fourth-order valence-electron chi connectivity index (χ4n) is 1.24. The van der Waals surface area contributed by atoms with Crippen LogP contribution in [0.15, 0.2) is 18.2 Å². The molecule has 3 amide bonds. The van der Waals surface area contributed by atoms with E-state index in [1.807, 2.05) is 0 Å². The summed E-state index contributed by atoms with van der Waals surface area (Å²) in [4.78, 5) is 33.5. The monoisotopic (exact) mass is 285 g/mol. The largest absolute Gasteiger partial charge is 0.449 e. The minimum atomic E-state index is -1.18. The van der Waals surface area contributed by atoms with E-state index in [2.05, 4.69) is 0 Å². The molecule has 1 rings (SSSR count). The minimum Gasteiger partial charge on any atom is -0.449 e. The van der Waals surface area contributed by atoms with Gasteiger partial charge in [0.05, 0.1) is 5.56 Å². The maximum atomic E-state index is 11.7. The summed E-state index contributed by atoms with van der Waals surface area (Å²) >= 11 is 5.73. The van der Waals surface area contributed by atoms with Gasteiger partial charge in [0, 0.05) is 10.7 Å². The van der Waals surface area contributed by atoms with Gasteiger partial charge in [0.25, 0.3) is 5.91 Å². The fraction of sp³-hybridized carbons (Fsp3) is 0.182. The molecule has 1 atom stereocenters. The summed E-state index contributed by atoms with van der Waals surface area (Å²) in [6.45, 7) is 1.30. The van der Waals surface area contributed by atoms with Crippen molar-refractivity contribution in [3.8, 4) is 0 Å². The van der Waals surface area contributed by atoms with Crippen LogP contribution < -0.4 is 16.8 Å². The Labute approximate surface area is 113 Å². The molecule has 7 nitrogen and oxygen atoms in total. The van der Waals surface area contributed by atoms with Crippen molar-refractivity contribution in [2.24, 2.45) is 5.73 Å². The predicted octanol–water partition coefficient (Wildman–Crippen LogP) is 0.662. The highest BCUT2D eigenvalue weighted by Gasteiger charge is 2.20. The lowest BCUT2D eigenvalue weighted by molar-refractivity contribution is -0.127. The zero-order valence-electron chi connectivity index (χ0n) is 9.98. The van der Waals surface area contributed by atoms with Crippen molar-refractivity contribution >= 4 is 35.2 Å². The van der Waals surface area contributed by atoms with E-state index in [1.165, 1.54) is 25.1 Å². The smallest absolute Gasteiger partial charge is 0.339 e. The van der Waals surface area contributed by atoms with Crippen molar-refractivity contribution in [2.75, 3.05) is 5.73 Å². The van der Waals surface area contributed by atoms with Crippen LogP contribution in [0.2, 0.25) is 5.02 Å². The molecule has 0 saturated heterocycles. The summed E-state index contributed by atoms with van der Waals surface area (Å²) < 4.78 is 4.84. The number of nitrogen functional groups attached to an aromatic ring is 1. The van der Waals surface area contributed by atoms with E-state index in [0.29, 0.717) is 0 Å². The van der Waals surface area contributed by atoms with Crippen LogP contribution in [0.5, 0.6) is 0 Å². The summed E-state index contributed by atoms with van der Waals surface area (Å²) in [5.41, 5.74) is 10.7. The molecule has 19 heavy (non-hydrogen) atoms. The first-order valence-electron chi connectivity index (χ1n) is 5.17. The van der Waals surface area contributed by atoms with Crippen LogP contribution in [0.25, 0.3) is 0 Å². The molecule has 0 aliphatic carbocycles. The van der Waals surface area contributed by atoms with Gasteiger partial charge in [-0.25, -0.2) is 9.59 Å². The zero-order valence-corrected chi connectivity index (χ0v) is 10.7. The number of rotatable bonds is 3. The molecule has 5 N–H and O–H groups in total. The van der Waals surface area contributed by atoms with Crippen molar-refractivity contribution in [2.45, 2.75) is 13.0 Å². The molecule has 1 aromatic carbocycles. The van der Waals surface area contributed by atoms with Crippen molar-refractivity contribution in [3.05, 3.63) is 28.8 Å². The number of ether oxygens (including phenoxy) is 1. The number of nitrogens with two attached hydrogens (primary N) is 2. The van der Waals surface area contributed by atoms with Crippen LogP contribution in [0.3, 0.4) is 0 Å². The second kappa shape index (κ2) is 6.05. The number of nitrogens with one attached hydrogen (secondary N) is 1. The number of carbonyl (C=O) groups is 3. The Balaban J connectivity index is 2.74. The van der Waals surface area contributed by atoms with Gasteiger partial charge in [0.15, 0.2) is 6.10 Å². The molecular formula is C11H12ClN3O4. The second-order valence-corrected chi connectivity index (χ2v) is 4.11. The number of imide groups is 1. The number of carbonyl (C=O) groups excluding carboxylic acids is 3. The third-order valence-electron chi connectivity index (χ3n) is 2.06. The Hall–Kier alpha value is -2.28. The van der Waals surface area contributed by atoms with E-state index in [0.717, 1.165) is 0 Å². The van der Waals surface area contributed by atoms with Crippen LogP contribution in [-0.4, -0.2) is 24.0 Å². The number of halogens is 1. The standard InChI is InChI=1S/C11H12ClN3O4/c1-5(9(16)15-11(14)18)19-10(17)6-2-7(12)4-8(13)3-6/h2-5H,13H2,1H3,(H3,14,15,16,18). The van der Waals surface area contributed by atoms with Gasteiger partial charge >= 0.3 is 12.0 Å². The van der Waals surface area contributed by atoms with Gasteiger partial charge in [-0.05, 0) is 25.1 Å². The van der Waals surface area contributed by atoms with E-state index >= 15 is 0 Å². The predicted molar refractivity (Wildman–Crippen MR) is 68.5 cm³/mol. The number of esters is 1. The number of primary amides is 1. The Kier molecular flexibility index (Phi) is 4.71. The topological polar surface area (TPSA) is 125 Å². The Morgan fingerprint density at radius 2 is 1.95 bits per heavy atom. The van der Waals surface area contributed by atoms with Gasteiger partial charge in [-0.1, -0.05) is 11.6 Å². The molecule has 1 unspecified atom stereocenters. The van der Waals surface area contributed by atoms with Gasteiger partial charge in [0.2, 0.25) is 0 Å². The number of hydrogen-bond acceptors (Lipinski definition) is 5. The van der Waals surface area contributed by atoms with Gasteiger partial charge in [-0.3, -0.25) is 10.1 Å². The fourth-order valence-corrected chi connectivity index (χ4v) is 1.48. The third-order valence-corrected chi connectivity index (χ3v) is 2.27. The molecule has 0 aliphatic rings. The molecule has 102 valence electrons. The molecule has 0 fully saturated rings. The Morgan fingerprint density at radius 1 is 1.32 bits per heavy atom. The highest BCUT2D eigenvalue weighted by Crippen LogP contribution is 2.17. The number of anilines is 1. The first kappa shape index (κ1) is 14.8. The number of benzene rings is 1. The molecule has 8 heteroatoms. The van der Waals surface area contributed by atoms with Crippen LogP contribution in [0.4, 0.5) is 10.5 Å². The first-order chi connectivity index (χ1) is 8.79. The molecular weight excluding hydrogens is 274 g/mol. The molecule has 0 radical (unpaired) electrons. The normalized spacial score (nSPS) is 11.5.